The molecule has 2 nitrogen and oxygen atoms in total. The molecule has 12 heavy (non-hydrogen) atoms. The van der Waals surface area contributed by atoms with Crippen LogP contribution in [-0.2, 0) is 0 Å². The summed E-state index contributed by atoms with van der Waals surface area (Å²) in [5.41, 5.74) is 1.32. The van der Waals surface area contributed by atoms with Crippen molar-refractivity contribution in [3.8, 4) is 0 Å². The molecule has 0 spiro atoms. The molecule has 0 radical (unpaired) electrons. The van der Waals surface area contributed by atoms with Crippen molar-refractivity contribution in [2.45, 2.75) is 12.5 Å². The first kappa shape index (κ1) is 7.35. The first-order valence-electron chi connectivity index (χ1n) is 4.27. The Morgan fingerprint density at radius 2 is 2.08 bits per heavy atom. The van der Waals surface area contributed by atoms with E-state index in [1.54, 1.807) is 6.34 Å². The molecule has 2 heteroatoms. The lowest BCUT2D eigenvalue weighted by molar-refractivity contribution is 0.613. The van der Waals surface area contributed by atoms with Gasteiger partial charge < -0.3 is 5.32 Å². The minimum absolute atomic E-state index is 0.368. The van der Waals surface area contributed by atoms with Gasteiger partial charge in [0.05, 0.1) is 12.4 Å². The zero-order chi connectivity index (χ0) is 8.23. The second kappa shape index (κ2) is 3.39. The van der Waals surface area contributed by atoms with Gasteiger partial charge in [0.1, 0.15) is 0 Å². The molecular formula is C10H12N2. The molecule has 0 bridgehead atoms. The average Bonchev–Trinajstić information content (AvgIpc) is 2.21. The van der Waals surface area contributed by atoms with E-state index in [0.717, 1.165) is 13.0 Å². The van der Waals surface area contributed by atoms with Gasteiger partial charge in [0.2, 0.25) is 0 Å². The van der Waals surface area contributed by atoms with E-state index < -0.39 is 0 Å². The highest BCUT2D eigenvalue weighted by Gasteiger charge is 2.10. The van der Waals surface area contributed by atoms with E-state index in [2.05, 4.69) is 34.6 Å². The Morgan fingerprint density at radius 1 is 1.25 bits per heavy atom. The van der Waals surface area contributed by atoms with Crippen LogP contribution in [0.1, 0.15) is 18.0 Å². The van der Waals surface area contributed by atoms with Crippen LogP contribution in [0.2, 0.25) is 0 Å². The number of benzene rings is 1. The monoisotopic (exact) mass is 160 g/mol. The molecule has 1 atom stereocenters. The van der Waals surface area contributed by atoms with Crippen LogP contribution in [0, 0.1) is 0 Å². The van der Waals surface area contributed by atoms with Gasteiger partial charge in [-0.2, -0.15) is 0 Å². The van der Waals surface area contributed by atoms with Crippen LogP contribution in [0.15, 0.2) is 35.3 Å². The summed E-state index contributed by atoms with van der Waals surface area (Å²) in [5.74, 6) is 0. The second-order valence-electron chi connectivity index (χ2n) is 2.95. The van der Waals surface area contributed by atoms with Crippen molar-refractivity contribution in [2.24, 2.45) is 4.99 Å². The maximum Gasteiger partial charge on any atom is 0.0831 e. The smallest absolute Gasteiger partial charge is 0.0831 e. The molecule has 1 N–H and O–H groups in total. The Bertz CT molecular complexity index is 266. The van der Waals surface area contributed by atoms with Crippen molar-refractivity contribution in [3.05, 3.63) is 35.9 Å². The molecule has 62 valence electrons. The van der Waals surface area contributed by atoms with Gasteiger partial charge in [-0.05, 0) is 12.0 Å². The minimum Gasteiger partial charge on any atom is -0.376 e. The Labute approximate surface area is 72.3 Å². The van der Waals surface area contributed by atoms with Crippen LogP contribution < -0.4 is 5.32 Å². The van der Waals surface area contributed by atoms with E-state index in [9.17, 15) is 0 Å². The number of nitrogens with one attached hydrogen (secondary N) is 1. The molecule has 1 aromatic carbocycles. The first-order valence-corrected chi connectivity index (χ1v) is 4.27. The highest BCUT2D eigenvalue weighted by molar-refractivity contribution is 5.55. The van der Waals surface area contributed by atoms with Crippen molar-refractivity contribution >= 4 is 6.34 Å². The van der Waals surface area contributed by atoms with Crippen molar-refractivity contribution in [1.82, 2.24) is 5.32 Å². The van der Waals surface area contributed by atoms with Gasteiger partial charge in [-0.3, -0.25) is 4.99 Å². The lowest BCUT2D eigenvalue weighted by atomic mass is 10.0. The predicted molar refractivity (Wildman–Crippen MR) is 50.3 cm³/mol. The summed E-state index contributed by atoms with van der Waals surface area (Å²) in [7, 11) is 0. The SMILES string of the molecule is C1=NC(c2ccccc2)CCN1. The maximum atomic E-state index is 4.36. The third-order valence-electron chi connectivity index (χ3n) is 2.09. The van der Waals surface area contributed by atoms with Crippen LogP contribution in [0.5, 0.6) is 0 Å². The van der Waals surface area contributed by atoms with E-state index in [0.29, 0.717) is 6.04 Å². The number of aliphatic imine (C=N–C) groups is 1. The molecular weight excluding hydrogens is 148 g/mol. The predicted octanol–water partition coefficient (Wildman–Crippen LogP) is 1.75. The summed E-state index contributed by atoms with van der Waals surface area (Å²) < 4.78 is 0. The molecule has 0 fully saturated rings. The first-order chi connectivity index (χ1) is 5.97. The van der Waals surface area contributed by atoms with Crippen molar-refractivity contribution in [3.63, 3.8) is 0 Å². The topological polar surface area (TPSA) is 24.4 Å². The molecule has 1 heterocycles. The number of hydrogen-bond donors (Lipinski definition) is 1. The zero-order valence-electron chi connectivity index (χ0n) is 6.90. The molecule has 0 aromatic heterocycles. The summed E-state index contributed by atoms with van der Waals surface area (Å²) in [5, 5.41) is 3.09. The Kier molecular flexibility index (Phi) is 2.08. The van der Waals surface area contributed by atoms with E-state index in [1.165, 1.54) is 5.56 Å². The van der Waals surface area contributed by atoms with E-state index >= 15 is 0 Å². The lowest BCUT2D eigenvalue weighted by Crippen LogP contribution is -2.20. The third kappa shape index (κ3) is 1.47. The molecule has 2 rings (SSSR count). The van der Waals surface area contributed by atoms with E-state index in [-0.39, 0.29) is 0 Å². The van der Waals surface area contributed by atoms with E-state index in [4.69, 9.17) is 0 Å². The Balaban J connectivity index is 2.19. The molecule has 0 saturated heterocycles. The molecule has 0 amide bonds. The minimum atomic E-state index is 0.368. The quantitative estimate of drug-likeness (QED) is 0.665. The standard InChI is InChI=1S/C10H12N2/c1-2-4-9(5-3-1)10-6-7-11-8-12-10/h1-5,8,10H,6-7H2,(H,11,12). The summed E-state index contributed by atoms with van der Waals surface area (Å²) in [4.78, 5) is 4.36. The molecule has 1 unspecified atom stereocenters. The molecule has 1 aliphatic heterocycles. The average molecular weight is 160 g/mol. The van der Waals surface area contributed by atoms with Gasteiger partial charge in [-0.1, -0.05) is 30.3 Å². The lowest BCUT2D eigenvalue weighted by Gasteiger charge is -2.16. The Hall–Kier alpha value is -1.31. The summed E-state index contributed by atoms with van der Waals surface area (Å²) >= 11 is 0. The number of nitrogens with zero attached hydrogens (tertiary/aromatic N) is 1. The van der Waals surface area contributed by atoms with Gasteiger partial charge in [0.15, 0.2) is 0 Å². The molecule has 0 saturated carbocycles. The molecule has 0 aliphatic carbocycles. The molecule has 1 aromatic rings. The third-order valence-corrected chi connectivity index (χ3v) is 2.09. The second-order valence-corrected chi connectivity index (χ2v) is 2.95. The highest BCUT2D eigenvalue weighted by atomic mass is 15.0. The van der Waals surface area contributed by atoms with Gasteiger partial charge in [0, 0.05) is 6.54 Å². The largest absolute Gasteiger partial charge is 0.376 e. The van der Waals surface area contributed by atoms with Gasteiger partial charge in [-0.15, -0.1) is 0 Å². The van der Waals surface area contributed by atoms with Crippen LogP contribution in [0.4, 0.5) is 0 Å². The van der Waals surface area contributed by atoms with Crippen molar-refractivity contribution < 1.29 is 0 Å². The molecule has 1 aliphatic rings. The summed E-state index contributed by atoms with van der Waals surface area (Å²) in [6.45, 7) is 1.03. The van der Waals surface area contributed by atoms with Crippen LogP contribution in [0.3, 0.4) is 0 Å². The normalized spacial score (nSPS) is 21.8. The number of rotatable bonds is 1. The van der Waals surface area contributed by atoms with Crippen molar-refractivity contribution in [1.29, 1.82) is 0 Å². The van der Waals surface area contributed by atoms with Crippen molar-refractivity contribution in [2.75, 3.05) is 6.54 Å². The van der Waals surface area contributed by atoms with Gasteiger partial charge in [-0.25, -0.2) is 0 Å². The Morgan fingerprint density at radius 3 is 2.75 bits per heavy atom. The number of hydrogen-bond acceptors (Lipinski definition) is 2. The van der Waals surface area contributed by atoms with E-state index in [1.807, 2.05) is 6.07 Å². The summed E-state index contributed by atoms with van der Waals surface area (Å²) in [6.07, 6.45) is 2.90. The fraction of sp³-hybridized carbons (Fsp3) is 0.300. The van der Waals surface area contributed by atoms with Gasteiger partial charge >= 0.3 is 0 Å². The van der Waals surface area contributed by atoms with Crippen LogP contribution in [0.25, 0.3) is 0 Å². The fourth-order valence-electron chi connectivity index (χ4n) is 1.43. The maximum absolute atomic E-state index is 4.36. The zero-order valence-corrected chi connectivity index (χ0v) is 6.90. The van der Waals surface area contributed by atoms with Gasteiger partial charge in [0.25, 0.3) is 0 Å². The fourth-order valence-corrected chi connectivity index (χ4v) is 1.43. The van der Waals surface area contributed by atoms with Crippen LogP contribution in [-0.4, -0.2) is 12.9 Å². The summed E-state index contributed by atoms with van der Waals surface area (Å²) in [6, 6.07) is 10.8. The van der Waals surface area contributed by atoms with Crippen LogP contribution >= 0.6 is 0 Å². The highest BCUT2D eigenvalue weighted by Crippen LogP contribution is 2.20.